The molecule has 0 spiro atoms. The van der Waals surface area contributed by atoms with E-state index >= 15 is 0 Å². The molecule has 19 heavy (non-hydrogen) atoms. The fourth-order valence-electron chi connectivity index (χ4n) is 1.65. The highest BCUT2D eigenvalue weighted by Crippen LogP contribution is 2.11. The zero-order chi connectivity index (χ0) is 14.3. The molecule has 1 amide bonds. The molecule has 1 atom stereocenters. The van der Waals surface area contributed by atoms with Crippen LogP contribution in [0.3, 0.4) is 0 Å². The fourth-order valence-corrected chi connectivity index (χ4v) is 1.87. The third-order valence-electron chi connectivity index (χ3n) is 2.81. The van der Waals surface area contributed by atoms with E-state index < -0.39 is 5.97 Å². The normalized spacial score (nSPS) is 11.9. The average Bonchev–Trinajstić information content (AvgIpc) is 2.34. The quantitative estimate of drug-likeness (QED) is 0.756. The number of carbonyl (C=O) groups excluding carboxylic acids is 1. The van der Waals surface area contributed by atoms with Gasteiger partial charge in [0.15, 0.2) is 0 Å². The summed E-state index contributed by atoms with van der Waals surface area (Å²) in [5.41, 5.74) is 0.865. The Kier molecular flexibility index (Phi) is 6.36. The number of amides is 1. The molecule has 5 heteroatoms. The molecule has 1 unspecified atom stereocenters. The first kappa shape index (κ1) is 15.5. The van der Waals surface area contributed by atoms with Gasteiger partial charge in [0, 0.05) is 11.6 Å². The molecule has 4 nitrogen and oxygen atoms in total. The Balaban J connectivity index is 2.23. The Hall–Kier alpha value is -1.55. The van der Waals surface area contributed by atoms with E-state index in [2.05, 4.69) is 5.32 Å². The number of nitrogens with one attached hydrogen (secondary N) is 1. The SMILES string of the molecule is CC(CCCNC(=O)Cc1cccc(Cl)c1)C(=O)O. The summed E-state index contributed by atoms with van der Waals surface area (Å²) in [4.78, 5) is 22.2. The van der Waals surface area contributed by atoms with Gasteiger partial charge in [-0.1, -0.05) is 30.7 Å². The van der Waals surface area contributed by atoms with Crippen molar-refractivity contribution in [3.8, 4) is 0 Å². The Morgan fingerprint density at radius 3 is 2.79 bits per heavy atom. The second-order valence-electron chi connectivity index (χ2n) is 4.54. The number of rotatable bonds is 7. The Morgan fingerprint density at radius 2 is 2.16 bits per heavy atom. The first-order valence-corrected chi connectivity index (χ1v) is 6.61. The van der Waals surface area contributed by atoms with E-state index in [1.807, 2.05) is 6.07 Å². The standard InChI is InChI=1S/C14H18ClNO3/c1-10(14(18)19)4-3-7-16-13(17)9-11-5-2-6-12(15)8-11/h2,5-6,8,10H,3-4,7,9H2,1H3,(H,16,17)(H,18,19). The van der Waals surface area contributed by atoms with E-state index in [0.717, 1.165) is 5.56 Å². The summed E-state index contributed by atoms with van der Waals surface area (Å²) in [7, 11) is 0. The van der Waals surface area contributed by atoms with Crippen molar-refractivity contribution in [2.75, 3.05) is 6.54 Å². The second kappa shape index (κ2) is 7.79. The first-order chi connectivity index (χ1) is 8.99. The average molecular weight is 284 g/mol. The highest BCUT2D eigenvalue weighted by molar-refractivity contribution is 6.30. The van der Waals surface area contributed by atoms with Gasteiger partial charge in [0.05, 0.1) is 12.3 Å². The minimum atomic E-state index is -0.801. The molecule has 1 rings (SSSR count). The van der Waals surface area contributed by atoms with Crippen LogP contribution in [0.15, 0.2) is 24.3 Å². The van der Waals surface area contributed by atoms with E-state index in [-0.39, 0.29) is 18.2 Å². The zero-order valence-corrected chi connectivity index (χ0v) is 11.6. The predicted octanol–water partition coefficient (Wildman–Crippen LogP) is 2.50. The number of carbonyl (C=O) groups is 2. The number of carboxylic acid groups (broad SMARTS) is 1. The van der Waals surface area contributed by atoms with E-state index in [0.29, 0.717) is 24.4 Å². The first-order valence-electron chi connectivity index (χ1n) is 6.23. The molecule has 0 aliphatic carbocycles. The van der Waals surface area contributed by atoms with E-state index in [4.69, 9.17) is 16.7 Å². The van der Waals surface area contributed by atoms with Crippen molar-refractivity contribution in [2.45, 2.75) is 26.2 Å². The van der Waals surface area contributed by atoms with Crippen molar-refractivity contribution in [1.82, 2.24) is 5.32 Å². The summed E-state index contributed by atoms with van der Waals surface area (Å²) in [6.07, 6.45) is 1.51. The van der Waals surface area contributed by atoms with Crippen molar-refractivity contribution in [3.05, 3.63) is 34.9 Å². The van der Waals surface area contributed by atoms with Crippen molar-refractivity contribution >= 4 is 23.5 Å². The number of aliphatic carboxylic acids is 1. The van der Waals surface area contributed by atoms with Gasteiger partial charge >= 0.3 is 5.97 Å². The van der Waals surface area contributed by atoms with E-state index in [1.54, 1.807) is 25.1 Å². The van der Waals surface area contributed by atoms with Gasteiger partial charge < -0.3 is 10.4 Å². The summed E-state index contributed by atoms with van der Waals surface area (Å²) in [6, 6.07) is 7.17. The van der Waals surface area contributed by atoms with Gasteiger partial charge in [-0.25, -0.2) is 0 Å². The highest BCUT2D eigenvalue weighted by Gasteiger charge is 2.10. The third-order valence-corrected chi connectivity index (χ3v) is 3.05. The molecule has 1 aromatic carbocycles. The molecule has 1 aromatic rings. The molecular formula is C14H18ClNO3. The lowest BCUT2D eigenvalue weighted by molar-refractivity contribution is -0.141. The lowest BCUT2D eigenvalue weighted by Gasteiger charge is -2.07. The van der Waals surface area contributed by atoms with Crippen LogP contribution in [0.25, 0.3) is 0 Å². The van der Waals surface area contributed by atoms with Crippen LogP contribution >= 0.6 is 11.6 Å². The number of benzene rings is 1. The number of hydrogen-bond acceptors (Lipinski definition) is 2. The fraction of sp³-hybridized carbons (Fsp3) is 0.429. The van der Waals surface area contributed by atoms with Crippen LogP contribution in [0, 0.1) is 5.92 Å². The molecule has 0 fully saturated rings. The molecule has 0 saturated carbocycles. The molecule has 0 aromatic heterocycles. The van der Waals surface area contributed by atoms with Crippen LogP contribution in [0.4, 0.5) is 0 Å². The van der Waals surface area contributed by atoms with Gasteiger partial charge in [0.2, 0.25) is 5.91 Å². The maximum Gasteiger partial charge on any atom is 0.306 e. The van der Waals surface area contributed by atoms with Gasteiger partial charge in [-0.05, 0) is 30.5 Å². The minimum Gasteiger partial charge on any atom is -0.481 e. The van der Waals surface area contributed by atoms with E-state index in [9.17, 15) is 9.59 Å². The van der Waals surface area contributed by atoms with Crippen LogP contribution in [0.2, 0.25) is 5.02 Å². The van der Waals surface area contributed by atoms with Crippen LogP contribution < -0.4 is 5.32 Å². The molecule has 0 heterocycles. The van der Waals surface area contributed by atoms with Gasteiger partial charge in [-0.3, -0.25) is 9.59 Å². The summed E-state index contributed by atoms with van der Waals surface area (Å²) < 4.78 is 0. The predicted molar refractivity (Wildman–Crippen MR) is 74.2 cm³/mol. The molecule has 0 radical (unpaired) electrons. The zero-order valence-electron chi connectivity index (χ0n) is 10.9. The van der Waals surface area contributed by atoms with Crippen molar-refractivity contribution in [1.29, 1.82) is 0 Å². The number of hydrogen-bond donors (Lipinski definition) is 2. The van der Waals surface area contributed by atoms with Gasteiger partial charge in [-0.15, -0.1) is 0 Å². The van der Waals surface area contributed by atoms with Crippen LogP contribution in [0.5, 0.6) is 0 Å². The molecule has 2 N–H and O–H groups in total. The molecule has 0 aliphatic rings. The second-order valence-corrected chi connectivity index (χ2v) is 4.97. The third kappa shape index (κ3) is 6.25. The Bertz CT molecular complexity index is 448. The molecule has 104 valence electrons. The van der Waals surface area contributed by atoms with Crippen LogP contribution in [-0.2, 0) is 16.0 Å². The largest absolute Gasteiger partial charge is 0.481 e. The highest BCUT2D eigenvalue weighted by atomic mass is 35.5. The maximum absolute atomic E-state index is 11.6. The maximum atomic E-state index is 11.6. The summed E-state index contributed by atoms with van der Waals surface area (Å²) in [6.45, 7) is 2.16. The Labute approximate surface area is 117 Å². The molecular weight excluding hydrogens is 266 g/mol. The van der Waals surface area contributed by atoms with Crippen LogP contribution in [0.1, 0.15) is 25.3 Å². The Morgan fingerprint density at radius 1 is 1.42 bits per heavy atom. The van der Waals surface area contributed by atoms with Crippen molar-refractivity contribution in [3.63, 3.8) is 0 Å². The number of carboxylic acids is 1. The lowest BCUT2D eigenvalue weighted by atomic mass is 10.1. The summed E-state index contributed by atoms with van der Waals surface area (Å²) in [5, 5.41) is 12.1. The van der Waals surface area contributed by atoms with E-state index in [1.165, 1.54) is 0 Å². The van der Waals surface area contributed by atoms with Gasteiger partial charge in [0.25, 0.3) is 0 Å². The monoisotopic (exact) mass is 283 g/mol. The number of halogens is 1. The summed E-state index contributed by atoms with van der Waals surface area (Å²) in [5.74, 6) is -1.25. The van der Waals surface area contributed by atoms with Crippen LogP contribution in [-0.4, -0.2) is 23.5 Å². The smallest absolute Gasteiger partial charge is 0.306 e. The summed E-state index contributed by atoms with van der Waals surface area (Å²) >= 11 is 5.83. The minimum absolute atomic E-state index is 0.0785. The topological polar surface area (TPSA) is 66.4 Å². The van der Waals surface area contributed by atoms with Gasteiger partial charge in [0.1, 0.15) is 0 Å². The molecule has 0 aliphatic heterocycles. The lowest BCUT2D eigenvalue weighted by Crippen LogP contribution is -2.26. The van der Waals surface area contributed by atoms with Crippen molar-refractivity contribution in [2.24, 2.45) is 5.92 Å². The molecule has 0 saturated heterocycles. The van der Waals surface area contributed by atoms with Crippen molar-refractivity contribution < 1.29 is 14.7 Å². The molecule has 0 bridgehead atoms. The van der Waals surface area contributed by atoms with Gasteiger partial charge in [-0.2, -0.15) is 0 Å².